The lowest BCUT2D eigenvalue weighted by Gasteiger charge is -2.11. The normalized spacial score (nSPS) is 10.6. The molecule has 1 N–H and O–H groups in total. The minimum atomic E-state index is -1.27. The Morgan fingerprint density at radius 3 is 2.72 bits per heavy atom. The second kappa shape index (κ2) is 6.63. The van der Waals surface area contributed by atoms with Gasteiger partial charge >= 0.3 is 0 Å². The number of tetrazole rings is 1. The number of nitrogens with zero attached hydrogens (tertiary/aromatic N) is 4. The summed E-state index contributed by atoms with van der Waals surface area (Å²) in [5, 5.41) is 13.7. The summed E-state index contributed by atoms with van der Waals surface area (Å²) >= 11 is 0. The van der Waals surface area contributed by atoms with E-state index in [0.29, 0.717) is 17.2 Å². The van der Waals surface area contributed by atoms with Crippen molar-refractivity contribution in [1.29, 1.82) is 0 Å². The van der Waals surface area contributed by atoms with Gasteiger partial charge in [-0.25, -0.2) is 8.78 Å². The second-order valence-corrected chi connectivity index (χ2v) is 5.08. The molecule has 25 heavy (non-hydrogen) atoms. The van der Waals surface area contributed by atoms with Crippen LogP contribution in [0.15, 0.2) is 36.4 Å². The minimum absolute atomic E-state index is 0.0659. The lowest BCUT2D eigenvalue weighted by atomic mass is 10.1. The lowest BCUT2D eigenvalue weighted by Crippen LogP contribution is -2.16. The number of benzene rings is 2. The van der Waals surface area contributed by atoms with Crippen molar-refractivity contribution >= 4 is 11.6 Å². The molecule has 3 aromatic rings. The Kier molecular flexibility index (Phi) is 4.38. The summed E-state index contributed by atoms with van der Waals surface area (Å²) in [6.07, 6.45) is 0. The number of ether oxygens (including phenoxy) is 1. The van der Waals surface area contributed by atoms with Crippen LogP contribution in [0.25, 0.3) is 5.69 Å². The Morgan fingerprint density at radius 1 is 1.24 bits per heavy atom. The highest BCUT2D eigenvalue weighted by Gasteiger charge is 2.21. The van der Waals surface area contributed by atoms with Gasteiger partial charge in [-0.1, -0.05) is 6.07 Å². The molecule has 2 aromatic carbocycles. The molecule has 1 heterocycles. The molecular weight excluding hydrogens is 332 g/mol. The van der Waals surface area contributed by atoms with Gasteiger partial charge in [0.2, 0.25) is 0 Å². The van der Waals surface area contributed by atoms with Crippen molar-refractivity contribution in [2.45, 2.75) is 6.92 Å². The van der Waals surface area contributed by atoms with Gasteiger partial charge in [0.15, 0.2) is 17.5 Å². The fourth-order valence-corrected chi connectivity index (χ4v) is 2.29. The van der Waals surface area contributed by atoms with E-state index in [9.17, 15) is 13.6 Å². The van der Waals surface area contributed by atoms with Crippen LogP contribution < -0.4 is 10.1 Å². The molecule has 7 nitrogen and oxygen atoms in total. The predicted octanol–water partition coefficient (Wildman–Crippen LogP) is 2.51. The topological polar surface area (TPSA) is 81.9 Å². The summed E-state index contributed by atoms with van der Waals surface area (Å²) in [5.41, 5.74) is 0.460. The third-order valence-electron chi connectivity index (χ3n) is 3.48. The Labute approximate surface area is 141 Å². The third-order valence-corrected chi connectivity index (χ3v) is 3.48. The first-order valence-electron chi connectivity index (χ1n) is 7.20. The van der Waals surface area contributed by atoms with Crippen molar-refractivity contribution < 1.29 is 18.3 Å². The number of halogens is 2. The molecule has 128 valence electrons. The third kappa shape index (κ3) is 3.16. The summed E-state index contributed by atoms with van der Waals surface area (Å²) in [5.74, 6) is -2.75. The zero-order valence-corrected chi connectivity index (χ0v) is 13.3. The summed E-state index contributed by atoms with van der Waals surface area (Å²) in [7, 11) is 1.27. The van der Waals surface area contributed by atoms with Crippen molar-refractivity contribution in [3.05, 3.63) is 59.4 Å². The largest absolute Gasteiger partial charge is 0.496 e. The van der Waals surface area contributed by atoms with E-state index in [2.05, 4.69) is 20.8 Å². The summed E-state index contributed by atoms with van der Waals surface area (Å²) < 4.78 is 33.9. The van der Waals surface area contributed by atoms with Crippen LogP contribution in [0.5, 0.6) is 5.75 Å². The fourth-order valence-electron chi connectivity index (χ4n) is 2.29. The van der Waals surface area contributed by atoms with Crippen LogP contribution in [-0.2, 0) is 0 Å². The molecule has 0 fully saturated rings. The van der Waals surface area contributed by atoms with Crippen LogP contribution in [0, 0.1) is 18.6 Å². The Bertz CT molecular complexity index is 942. The van der Waals surface area contributed by atoms with Gasteiger partial charge in [-0.05, 0) is 47.7 Å². The summed E-state index contributed by atoms with van der Waals surface area (Å²) in [6, 6.07) is 8.70. The number of carbonyl (C=O) groups excluding carboxylic acids is 1. The number of methoxy groups -OCH3 is 1. The molecule has 0 aliphatic carbocycles. The molecule has 3 rings (SSSR count). The maximum absolute atomic E-state index is 14.0. The maximum atomic E-state index is 14.0. The molecule has 0 bridgehead atoms. The Morgan fingerprint density at radius 2 is 2.04 bits per heavy atom. The van der Waals surface area contributed by atoms with E-state index in [1.54, 1.807) is 31.2 Å². The van der Waals surface area contributed by atoms with Crippen molar-refractivity contribution in [1.82, 2.24) is 20.2 Å². The minimum Gasteiger partial charge on any atom is -0.496 e. The van der Waals surface area contributed by atoms with Gasteiger partial charge in [-0.15, -0.1) is 5.10 Å². The van der Waals surface area contributed by atoms with E-state index < -0.39 is 23.1 Å². The number of hydrogen-bond donors (Lipinski definition) is 1. The monoisotopic (exact) mass is 345 g/mol. The zero-order valence-electron chi connectivity index (χ0n) is 13.3. The number of rotatable bonds is 4. The summed E-state index contributed by atoms with van der Waals surface area (Å²) in [6.45, 7) is 1.72. The molecule has 1 aromatic heterocycles. The van der Waals surface area contributed by atoms with Crippen LogP contribution in [0.3, 0.4) is 0 Å². The van der Waals surface area contributed by atoms with Crippen molar-refractivity contribution in [3.63, 3.8) is 0 Å². The van der Waals surface area contributed by atoms with Gasteiger partial charge in [-0.3, -0.25) is 4.79 Å². The fraction of sp³-hybridized carbons (Fsp3) is 0.125. The van der Waals surface area contributed by atoms with Gasteiger partial charge in [0.25, 0.3) is 5.91 Å². The maximum Gasteiger partial charge on any atom is 0.262 e. The highest BCUT2D eigenvalue weighted by atomic mass is 19.2. The molecule has 0 unspecified atom stereocenters. The second-order valence-electron chi connectivity index (χ2n) is 5.08. The van der Waals surface area contributed by atoms with E-state index in [0.717, 1.165) is 6.07 Å². The van der Waals surface area contributed by atoms with Gasteiger partial charge < -0.3 is 10.1 Å². The Hall–Kier alpha value is -3.36. The van der Waals surface area contributed by atoms with E-state index in [1.807, 2.05) is 0 Å². The van der Waals surface area contributed by atoms with Gasteiger partial charge in [0.05, 0.1) is 12.8 Å². The molecule has 9 heteroatoms. The molecule has 0 aliphatic rings. The highest BCUT2D eigenvalue weighted by molar-refractivity contribution is 6.06. The molecule has 0 atom stereocenters. The van der Waals surface area contributed by atoms with Crippen molar-refractivity contribution in [2.75, 3.05) is 12.4 Å². The van der Waals surface area contributed by atoms with Crippen LogP contribution >= 0.6 is 0 Å². The van der Waals surface area contributed by atoms with Crippen molar-refractivity contribution in [3.8, 4) is 11.4 Å². The molecule has 0 saturated heterocycles. The predicted molar refractivity (Wildman–Crippen MR) is 84.8 cm³/mol. The van der Waals surface area contributed by atoms with Gasteiger partial charge in [0, 0.05) is 5.69 Å². The van der Waals surface area contributed by atoms with Crippen LogP contribution in [0.4, 0.5) is 14.5 Å². The number of aryl methyl sites for hydroxylation is 1. The zero-order chi connectivity index (χ0) is 18.0. The number of aromatic nitrogens is 4. The summed E-state index contributed by atoms with van der Waals surface area (Å²) in [4.78, 5) is 12.4. The molecule has 0 spiro atoms. The van der Waals surface area contributed by atoms with Crippen LogP contribution in [0.1, 0.15) is 16.2 Å². The van der Waals surface area contributed by atoms with E-state index in [4.69, 9.17) is 4.74 Å². The van der Waals surface area contributed by atoms with Gasteiger partial charge in [0.1, 0.15) is 11.3 Å². The quantitative estimate of drug-likeness (QED) is 0.786. The molecule has 0 saturated carbocycles. The number of anilines is 1. The lowest BCUT2D eigenvalue weighted by molar-refractivity contribution is 0.101. The van der Waals surface area contributed by atoms with E-state index in [-0.39, 0.29) is 5.75 Å². The van der Waals surface area contributed by atoms with E-state index in [1.165, 1.54) is 17.9 Å². The smallest absolute Gasteiger partial charge is 0.262 e. The number of nitrogens with one attached hydrogen (secondary N) is 1. The van der Waals surface area contributed by atoms with Crippen LogP contribution in [0.2, 0.25) is 0 Å². The number of amides is 1. The first-order valence-corrected chi connectivity index (χ1v) is 7.20. The SMILES string of the molecule is COc1ccc(F)c(F)c1C(=O)Nc1cccc(-n2nnnc2C)c1. The average Bonchev–Trinajstić information content (AvgIpc) is 3.03. The van der Waals surface area contributed by atoms with Crippen molar-refractivity contribution in [2.24, 2.45) is 0 Å². The first kappa shape index (κ1) is 16.5. The highest BCUT2D eigenvalue weighted by Crippen LogP contribution is 2.25. The molecule has 0 aliphatic heterocycles. The number of carbonyl (C=O) groups is 1. The first-order chi connectivity index (χ1) is 12.0. The average molecular weight is 345 g/mol. The van der Waals surface area contributed by atoms with Gasteiger partial charge in [-0.2, -0.15) is 4.68 Å². The number of hydrogen-bond acceptors (Lipinski definition) is 5. The van der Waals surface area contributed by atoms with Crippen LogP contribution in [-0.4, -0.2) is 33.2 Å². The molecular formula is C16H13F2N5O2. The van der Waals surface area contributed by atoms with E-state index >= 15 is 0 Å². The molecule has 1 amide bonds. The Balaban J connectivity index is 1.93. The standard InChI is InChI=1S/C16H13F2N5O2/c1-9-20-21-22-23(9)11-5-3-4-10(8-11)19-16(24)14-13(25-2)7-6-12(17)15(14)18/h3-8H,1-2H3,(H,19,24). The molecule has 0 radical (unpaired) electrons.